The van der Waals surface area contributed by atoms with Crippen molar-refractivity contribution in [3.8, 4) is 0 Å². The van der Waals surface area contributed by atoms with E-state index in [4.69, 9.17) is 9.26 Å². The number of nitrogens with zero attached hydrogens (tertiary/aromatic N) is 1. The molecular formula is C16H17NO5S. The maximum Gasteiger partial charge on any atom is 0.185 e. The van der Waals surface area contributed by atoms with Crippen LogP contribution in [0.25, 0.3) is 0 Å². The molecule has 0 atom stereocenters. The maximum atomic E-state index is 12.0. The number of hydrogen-bond acceptors (Lipinski definition) is 6. The summed E-state index contributed by atoms with van der Waals surface area (Å²) in [5, 5.41) is 3.74. The number of ether oxygens (including phenoxy) is 1. The van der Waals surface area contributed by atoms with Gasteiger partial charge in [0.2, 0.25) is 0 Å². The van der Waals surface area contributed by atoms with Gasteiger partial charge in [-0.15, -0.1) is 0 Å². The fraction of sp³-hybridized carbons (Fsp3) is 0.375. The van der Waals surface area contributed by atoms with Gasteiger partial charge in [0, 0.05) is 12.5 Å². The molecule has 23 heavy (non-hydrogen) atoms. The lowest BCUT2D eigenvalue weighted by atomic mass is 10.0. The van der Waals surface area contributed by atoms with Crippen molar-refractivity contribution in [3.63, 3.8) is 0 Å². The normalized spacial score (nSPS) is 16.9. The van der Waals surface area contributed by atoms with Gasteiger partial charge in [-0.2, -0.15) is 0 Å². The Morgan fingerprint density at radius 3 is 2.65 bits per heavy atom. The molecule has 0 spiro atoms. The molecule has 1 aromatic heterocycles. The van der Waals surface area contributed by atoms with Gasteiger partial charge in [0.15, 0.2) is 21.4 Å². The van der Waals surface area contributed by atoms with Crippen LogP contribution in [-0.2, 0) is 27.8 Å². The molecule has 2 aromatic rings. The van der Waals surface area contributed by atoms with Gasteiger partial charge in [0.25, 0.3) is 0 Å². The average molecular weight is 335 g/mol. The molecule has 1 aliphatic heterocycles. The molecular weight excluding hydrogens is 318 g/mol. The van der Waals surface area contributed by atoms with E-state index in [1.807, 2.05) is 30.3 Å². The summed E-state index contributed by atoms with van der Waals surface area (Å²) in [6.45, 7) is 0.678. The summed E-state index contributed by atoms with van der Waals surface area (Å²) in [7, 11) is -2.91. The maximum absolute atomic E-state index is 12.0. The van der Waals surface area contributed by atoms with E-state index < -0.39 is 9.84 Å². The fourth-order valence-electron chi connectivity index (χ4n) is 2.51. The summed E-state index contributed by atoms with van der Waals surface area (Å²) < 4.78 is 32.8. The summed E-state index contributed by atoms with van der Waals surface area (Å²) in [5.41, 5.74) is 1.28. The van der Waals surface area contributed by atoms with Crippen molar-refractivity contribution in [2.24, 2.45) is 5.92 Å². The first-order valence-electron chi connectivity index (χ1n) is 7.33. The zero-order valence-electron chi connectivity index (χ0n) is 12.5. The molecule has 0 amide bonds. The van der Waals surface area contributed by atoms with Gasteiger partial charge in [-0.25, -0.2) is 8.42 Å². The largest absolute Gasteiger partial charge is 0.369 e. The molecule has 1 fully saturated rings. The summed E-state index contributed by atoms with van der Waals surface area (Å²) in [5.74, 6) is 0.364. The monoisotopic (exact) mass is 335 g/mol. The Labute approximate surface area is 134 Å². The number of Topliss-reactive ketones (excluding diaryl/α,β-unsaturated/α-hetero) is 1. The Balaban J connectivity index is 1.47. The highest BCUT2D eigenvalue weighted by Gasteiger charge is 2.35. The summed E-state index contributed by atoms with van der Waals surface area (Å²) in [4.78, 5) is 12.0. The third-order valence-corrected chi connectivity index (χ3v) is 5.61. The summed E-state index contributed by atoms with van der Waals surface area (Å²) in [6, 6.07) is 11.3. The van der Waals surface area contributed by atoms with Crippen LogP contribution in [0.2, 0.25) is 0 Å². The van der Waals surface area contributed by atoms with Gasteiger partial charge in [-0.05, 0) is 11.5 Å². The van der Waals surface area contributed by atoms with Crippen LogP contribution in [0.1, 0.15) is 28.2 Å². The van der Waals surface area contributed by atoms with Gasteiger partial charge < -0.3 is 9.26 Å². The standard InChI is InChI=1S/C16H17NO5S/c18-16(6-13-10-23(19,20)11-13)15-7-14(22-17-15)9-21-8-12-4-2-1-3-5-12/h1-5,7,13H,6,8-11H2. The molecule has 7 heteroatoms. The zero-order valence-corrected chi connectivity index (χ0v) is 13.3. The van der Waals surface area contributed by atoms with Crippen LogP contribution in [0.3, 0.4) is 0 Å². The van der Waals surface area contributed by atoms with E-state index in [1.54, 1.807) is 6.07 Å². The van der Waals surface area contributed by atoms with Crippen LogP contribution >= 0.6 is 0 Å². The number of hydrogen-bond donors (Lipinski definition) is 0. The number of carbonyl (C=O) groups excluding carboxylic acids is 1. The van der Waals surface area contributed by atoms with Crippen molar-refractivity contribution in [1.82, 2.24) is 5.16 Å². The quantitative estimate of drug-likeness (QED) is 0.719. The minimum atomic E-state index is -2.91. The van der Waals surface area contributed by atoms with Gasteiger partial charge in [0.1, 0.15) is 12.3 Å². The van der Waals surface area contributed by atoms with E-state index in [0.717, 1.165) is 5.56 Å². The topological polar surface area (TPSA) is 86.5 Å². The van der Waals surface area contributed by atoms with Crippen LogP contribution in [-0.4, -0.2) is 30.9 Å². The highest BCUT2D eigenvalue weighted by molar-refractivity contribution is 7.92. The molecule has 0 saturated carbocycles. The first-order valence-corrected chi connectivity index (χ1v) is 9.15. The van der Waals surface area contributed by atoms with E-state index >= 15 is 0 Å². The lowest BCUT2D eigenvalue weighted by molar-refractivity contribution is 0.0878. The molecule has 6 nitrogen and oxygen atoms in total. The minimum absolute atomic E-state index is 0.0869. The molecule has 1 aliphatic rings. The van der Waals surface area contributed by atoms with Gasteiger partial charge in [-0.3, -0.25) is 4.79 Å². The lowest BCUT2D eigenvalue weighted by Crippen LogP contribution is -2.37. The molecule has 122 valence electrons. The zero-order chi connectivity index (χ0) is 16.3. The number of ketones is 1. The number of aromatic nitrogens is 1. The molecule has 0 bridgehead atoms. The van der Waals surface area contributed by atoms with Crippen molar-refractivity contribution >= 4 is 15.6 Å². The van der Waals surface area contributed by atoms with Crippen LogP contribution in [0.5, 0.6) is 0 Å². The first kappa shape index (κ1) is 15.9. The first-order chi connectivity index (χ1) is 11.0. The van der Waals surface area contributed by atoms with Crippen molar-refractivity contribution in [3.05, 3.63) is 53.4 Å². The molecule has 2 heterocycles. The highest BCUT2D eigenvalue weighted by Crippen LogP contribution is 2.23. The fourth-order valence-corrected chi connectivity index (χ4v) is 4.08. The number of carbonyl (C=O) groups is 1. The number of sulfone groups is 1. The summed E-state index contributed by atoms with van der Waals surface area (Å²) in [6.07, 6.45) is 0.191. The third kappa shape index (κ3) is 4.27. The predicted octanol–water partition coefficient (Wildman–Crippen LogP) is 2.01. The van der Waals surface area contributed by atoms with Crippen LogP contribution in [0.15, 0.2) is 40.9 Å². The van der Waals surface area contributed by atoms with Gasteiger partial charge in [0.05, 0.1) is 18.1 Å². The molecule has 1 saturated heterocycles. The van der Waals surface area contributed by atoms with E-state index in [-0.39, 0.29) is 41.9 Å². The highest BCUT2D eigenvalue weighted by atomic mass is 32.2. The van der Waals surface area contributed by atoms with E-state index in [0.29, 0.717) is 12.4 Å². The number of rotatable bonds is 7. The van der Waals surface area contributed by atoms with Crippen molar-refractivity contribution in [2.45, 2.75) is 19.6 Å². The van der Waals surface area contributed by atoms with Crippen molar-refractivity contribution < 1.29 is 22.5 Å². The molecule has 1 aromatic carbocycles. The third-order valence-electron chi connectivity index (χ3n) is 3.65. The molecule has 0 aliphatic carbocycles. The number of benzene rings is 1. The van der Waals surface area contributed by atoms with Crippen LogP contribution in [0, 0.1) is 5.92 Å². The molecule has 3 rings (SSSR count). The van der Waals surface area contributed by atoms with E-state index in [1.165, 1.54) is 0 Å². The predicted molar refractivity (Wildman–Crippen MR) is 82.5 cm³/mol. The average Bonchev–Trinajstić information content (AvgIpc) is 2.95. The van der Waals surface area contributed by atoms with Crippen LogP contribution in [0.4, 0.5) is 0 Å². The Hall–Kier alpha value is -1.99. The minimum Gasteiger partial charge on any atom is -0.369 e. The Kier molecular flexibility index (Phi) is 4.58. The van der Waals surface area contributed by atoms with Gasteiger partial charge in [-0.1, -0.05) is 35.5 Å². The second kappa shape index (κ2) is 6.64. The second-order valence-electron chi connectivity index (χ2n) is 5.73. The molecule has 0 radical (unpaired) electrons. The summed E-state index contributed by atoms with van der Waals surface area (Å²) >= 11 is 0. The Morgan fingerprint density at radius 1 is 1.22 bits per heavy atom. The Bertz CT molecular complexity index is 770. The second-order valence-corrected chi connectivity index (χ2v) is 7.88. The van der Waals surface area contributed by atoms with Crippen molar-refractivity contribution in [2.75, 3.05) is 11.5 Å². The Morgan fingerprint density at radius 2 is 1.96 bits per heavy atom. The van der Waals surface area contributed by atoms with Crippen molar-refractivity contribution in [1.29, 1.82) is 0 Å². The smallest absolute Gasteiger partial charge is 0.185 e. The van der Waals surface area contributed by atoms with E-state index in [9.17, 15) is 13.2 Å². The SMILES string of the molecule is O=C(CC1CS(=O)(=O)C1)c1cc(COCc2ccccc2)on1. The molecule has 0 unspecified atom stereocenters. The molecule has 0 N–H and O–H groups in total. The lowest BCUT2D eigenvalue weighted by Gasteiger charge is -2.24. The van der Waals surface area contributed by atoms with Crippen LogP contribution < -0.4 is 0 Å². The van der Waals surface area contributed by atoms with Gasteiger partial charge >= 0.3 is 0 Å². The van der Waals surface area contributed by atoms with E-state index in [2.05, 4.69) is 5.16 Å².